The molecule has 0 radical (unpaired) electrons. The van der Waals surface area contributed by atoms with Crippen molar-refractivity contribution in [2.75, 3.05) is 0 Å². The maximum absolute atomic E-state index is 12.6. The molecule has 1 aromatic heterocycles. The zero-order valence-electron chi connectivity index (χ0n) is 6.12. The molecule has 1 atom stereocenters. The fourth-order valence-corrected chi connectivity index (χ4v) is 0.738. The fourth-order valence-electron chi connectivity index (χ4n) is 0.738. The topological polar surface area (TPSA) is 38.9 Å². The number of nitrogens with two attached hydrogens (primary N) is 1. The zero-order chi connectivity index (χ0) is 7.56. The summed E-state index contributed by atoms with van der Waals surface area (Å²) in [6, 6.07) is 3.02. The highest BCUT2D eigenvalue weighted by Crippen LogP contribution is 2.10. The van der Waals surface area contributed by atoms with Crippen molar-refractivity contribution >= 4 is 12.4 Å². The van der Waals surface area contributed by atoms with Gasteiger partial charge in [0, 0.05) is 17.8 Å². The third kappa shape index (κ3) is 2.44. The molecule has 0 unspecified atom stereocenters. The highest BCUT2D eigenvalue weighted by Gasteiger charge is 2.04. The van der Waals surface area contributed by atoms with Gasteiger partial charge in [-0.2, -0.15) is 4.39 Å². The smallest absolute Gasteiger partial charge is 0.217 e. The Morgan fingerprint density at radius 2 is 2.27 bits per heavy atom. The molecular formula is C7H10ClFN2. The molecule has 2 nitrogen and oxygen atoms in total. The molecule has 2 N–H and O–H groups in total. The summed E-state index contributed by atoms with van der Waals surface area (Å²) in [5, 5.41) is 0. The minimum absolute atomic E-state index is 0. The van der Waals surface area contributed by atoms with E-state index in [0.29, 0.717) is 5.56 Å². The largest absolute Gasteiger partial charge is 0.324 e. The molecule has 62 valence electrons. The van der Waals surface area contributed by atoms with Gasteiger partial charge in [-0.3, -0.25) is 0 Å². The summed E-state index contributed by atoms with van der Waals surface area (Å²) in [6.07, 6.45) is 1.40. The van der Waals surface area contributed by atoms with Gasteiger partial charge in [0.25, 0.3) is 0 Å². The number of hydrogen-bond acceptors (Lipinski definition) is 2. The van der Waals surface area contributed by atoms with Crippen LogP contribution in [0.3, 0.4) is 0 Å². The van der Waals surface area contributed by atoms with E-state index >= 15 is 0 Å². The second kappa shape index (κ2) is 4.26. The molecule has 1 aromatic rings. The molecule has 0 bridgehead atoms. The van der Waals surface area contributed by atoms with E-state index in [-0.39, 0.29) is 18.4 Å². The Balaban J connectivity index is 0.000001000. The number of hydrogen-bond donors (Lipinski definition) is 1. The van der Waals surface area contributed by atoms with Crippen LogP contribution >= 0.6 is 12.4 Å². The maximum atomic E-state index is 12.6. The Morgan fingerprint density at radius 1 is 1.64 bits per heavy atom. The van der Waals surface area contributed by atoms with Crippen molar-refractivity contribution in [3.8, 4) is 0 Å². The zero-order valence-corrected chi connectivity index (χ0v) is 6.94. The van der Waals surface area contributed by atoms with Crippen LogP contribution in [-0.2, 0) is 0 Å². The molecule has 0 saturated heterocycles. The lowest BCUT2D eigenvalue weighted by molar-refractivity contribution is 0.553. The molecule has 0 aromatic carbocycles. The Bertz CT molecular complexity index is 227. The molecule has 0 fully saturated rings. The highest BCUT2D eigenvalue weighted by atomic mass is 35.5. The first-order chi connectivity index (χ1) is 4.72. The Labute approximate surface area is 71.0 Å². The second-order valence-electron chi connectivity index (χ2n) is 2.17. The number of pyridine rings is 1. The summed E-state index contributed by atoms with van der Waals surface area (Å²) in [6.45, 7) is 1.72. The molecule has 0 amide bonds. The van der Waals surface area contributed by atoms with Crippen molar-refractivity contribution < 1.29 is 4.39 Å². The van der Waals surface area contributed by atoms with Crippen LogP contribution in [0.5, 0.6) is 0 Å². The van der Waals surface area contributed by atoms with E-state index in [1.807, 2.05) is 0 Å². The Kier molecular flexibility index (Phi) is 4.00. The van der Waals surface area contributed by atoms with Gasteiger partial charge in [0.2, 0.25) is 5.95 Å². The van der Waals surface area contributed by atoms with Gasteiger partial charge < -0.3 is 5.73 Å². The SMILES string of the molecule is C[C@H](N)c1cccnc1F.Cl. The molecule has 0 aliphatic rings. The quantitative estimate of drug-likeness (QED) is 0.661. The molecule has 0 spiro atoms. The third-order valence-corrected chi connectivity index (χ3v) is 1.28. The van der Waals surface area contributed by atoms with Crippen LogP contribution in [0.1, 0.15) is 18.5 Å². The molecule has 1 rings (SSSR count). The lowest BCUT2D eigenvalue weighted by atomic mass is 10.1. The van der Waals surface area contributed by atoms with E-state index in [9.17, 15) is 4.39 Å². The Hall–Kier alpha value is -0.670. The minimum atomic E-state index is -0.475. The van der Waals surface area contributed by atoms with Crippen LogP contribution in [0.4, 0.5) is 4.39 Å². The van der Waals surface area contributed by atoms with Crippen molar-refractivity contribution in [1.29, 1.82) is 0 Å². The standard InChI is InChI=1S/C7H9FN2.ClH/c1-5(9)6-3-2-4-10-7(6)8;/h2-5H,9H2,1H3;1H/t5-;/m0./s1. The van der Waals surface area contributed by atoms with E-state index in [2.05, 4.69) is 4.98 Å². The molecular weight excluding hydrogens is 167 g/mol. The van der Waals surface area contributed by atoms with Crippen molar-refractivity contribution in [1.82, 2.24) is 4.98 Å². The van der Waals surface area contributed by atoms with Gasteiger partial charge in [0.1, 0.15) is 0 Å². The van der Waals surface area contributed by atoms with Crippen molar-refractivity contribution in [2.45, 2.75) is 13.0 Å². The van der Waals surface area contributed by atoms with Crippen molar-refractivity contribution in [3.63, 3.8) is 0 Å². The van der Waals surface area contributed by atoms with E-state index < -0.39 is 5.95 Å². The van der Waals surface area contributed by atoms with Crippen LogP contribution < -0.4 is 5.73 Å². The Morgan fingerprint density at radius 3 is 2.64 bits per heavy atom. The van der Waals surface area contributed by atoms with Gasteiger partial charge in [0.15, 0.2) is 0 Å². The minimum Gasteiger partial charge on any atom is -0.324 e. The van der Waals surface area contributed by atoms with Crippen LogP contribution in [0.15, 0.2) is 18.3 Å². The third-order valence-electron chi connectivity index (χ3n) is 1.28. The predicted molar refractivity (Wildman–Crippen MR) is 44.0 cm³/mol. The van der Waals surface area contributed by atoms with Crippen LogP contribution in [0.25, 0.3) is 0 Å². The second-order valence-corrected chi connectivity index (χ2v) is 2.17. The summed E-state index contributed by atoms with van der Waals surface area (Å²) >= 11 is 0. The van der Waals surface area contributed by atoms with Gasteiger partial charge in [0.05, 0.1) is 0 Å². The maximum Gasteiger partial charge on any atom is 0.217 e. The summed E-state index contributed by atoms with van der Waals surface area (Å²) in [7, 11) is 0. The summed E-state index contributed by atoms with van der Waals surface area (Å²) in [4.78, 5) is 3.45. The summed E-state index contributed by atoms with van der Waals surface area (Å²) in [5.41, 5.74) is 5.90. The molecule has 1 heterocycles. The van der Waals surface area contributed by atoms with E-state index in [4.69, 9.17) is 5.73 Å². The van der Waals surface area contributed by atoms with Crippen LogP contribution in [0.2, 0.25) is 0 Å². The van der Waals surface area contributed by atoms with Gasteiger partial charge in [-0.15, -0.1) is 12.4 Å². The van der Waals surface area contributed by atoms with Gasteiger partial charge in [-0.25, -0.2) is 4.98 Å². The molecule has 0 aliphatic carbocycles. The monoisotopic (exact) mass is 176 g/mol. The molecule has 0 saturated carbocycles. The van der Waals surface area contributed by atoms with Crippen molar-refractivity contribution in [3.05, 3.63) is 29.8 Å². The number of rotatable bonds is 1. The summed E-state index contributed by atoms with van der Waals surface area (Å²) < 4.78 is 12.6. The van der Waals surface area contributed by atoms with Crippen molar-refractivity contribution in [2.24, 2.45) is 5.73 Å². The normalized spacial score (nSPS) is 11.9. The summed E-state index contributed by atoms with van der Waals surface area (Å²) in [5.74, 6) is -0.475. The lowest BCUT2D eigenvalue weighted by Crippen LogP contribution is -2.07. The molecule has 0 aliphatic heterocycles. The van der Waals surface area contributed by atoms with Gasteiger partial charge >= 0.3 is 0 Å². The van der Waals surface area contributed by atoms with Gasteiger partial charge in [-0.05, 0) is 13.0 Å². The molecule has 4 heteroatoms. The van der Waals surface area contributed by atoms with E-state index in [0.717, 1.165) is 0 Å². The predicted octanol–water partition coefficient (Wildman–Crippen LogP) is 1.66. The lowest BCUT2D eigenvalue weighted by Gasteiger charge is -2.03. The number of halogens is 2. The highest BCUT2D eigenvalue weighted by molar-refractivity contribution is 5.85. The van der Waals surface area contributed by atoms with E-state index in [1.165, 1.54) is 6.20 Å². The first-order valence-corrected chi connectivity index (χ1v) is 3.08. The average Bonchev–Trinajstić information content (AvgIpc) is 1.88. The van der Waals surface area contributed by atoms with Crippen LogP contribution in [0, 0.1) is 5.95 Å². The van der Waals surface area contributed by atoms with E-state index in [1.54, 1.807) is 19.1 Å². The number of aromatic nitrogens is 1. The fraction of sp³-hybridized carbons (Fsp3) is 0.286. The molecule has 11 heavy (non-hydrogen) atoms. The van der Waals surface area contributed by atoms with Crippen LogP contribution in [-0.4, -0.2) is 4.98 Å². The first-order valence-electron chi connectivity index (χ1n) is 3.08. The first kappa shape index (κ1) is 10.3. The average molecular weight is 177 g/mol. The number of nitrogens with zero attached hydrogens (tertiary/aromatic N) is 1. The van der Waals surface area contributed by atoms with Gasteiger partial charge in [-0.1, -0.05) is 6.07 Å².